The fraction of sp³-hybridized carbons (Fsp3) is 0.769. The molecule has 0 amide bonds. The van der Waals surface area contributed by atoms with Crippen LogP contribution in [0.4, 0.5) is 0 Å². The normalized spacial score (nSPS) is 18.4. The number of allylic oxidation sites excluding steroid dienone is 2. The molecule has 1 fully saturated rings. The minimum Gasteiger partial charge on any atom is -0.306 e. The Kier molecular flexibility index (Phi) is 5.42. The monoisotopic (exact) mass is 239 g/mol. The maximum Gasteiger partial charge on any atom is 0.152 e. The molecule has 1 heterocycles. The van der Waals surface area contributed by atoms with Crippen molar-refractivity contribution < 1.29 is 4.79 Å². The van der Waals surface area contributed by atoms with Crippen molar-refractivity contribution in [3.05, 3.63) is 12.2 Å². The van der Waals surface area contributed by atoms with Gasteiger partial charge in [-0.3, -0.25) is 0 Å². The Morgan fingerprint density at radius 2 is 1.81 bits per heavy atom. The van der Waals surface area contributed by atoms with Gasteiger partial charge in [0.2, 0.25) is 0 Å². The Labute approximate surface area is 101 Å². The molecule has 2 nitrogen and oxygen atoms in total. The molecule has 16 heavy (non-hydrogen) atoms. The second-order valence-electron chi connectivity index (χ2n) is 4.83. The molecule has 0 aromatic heterocycles. The molecule has 3 heteroatoms. The molecule has 0 aliphatic carbocycles. The van der Waals surface area contributed by atoms with Crippen LogP contribution in [-0.4, -0.2) is 37.6 Å². The fourth-order valence-corrected chi connectivity index (χ4v) is 6.09. The van der Waals surface area contributed by atoms with E-state index < -0.39 is 8.07 Å². The Morgan fingerprint density at radius 3 is 2.25 bits per heavy atom. The van der Waals surface area contributed by atoms with Crippen molar-refractivity contribution in [2.75, 3.05) is 19.3 Å². The summed E-state index contributed by atoms with van der Waals surface area (Å²) in [5.41, 5.74) is 0. The van der Waals surface area contributed by atoms with E-state index in [0.717, 1.165) is 18.3 Å². The smallest absolute Gasteiger partial charge is 0.152 e. The lowest BCUT2D eigenvalue weighted by atomic mass is 10.4. The van der Waals surface area contributed by atoms with Crippen molar-refractivity contribution in [3.63, 3.8) is 0 Å². The van der Waals surface area contributed by atoms with Crippen LogP contribution in [-0.2, 0) is 4.79 Å². The van der Waals surface area contributed by atoms with Crippen LogP contribution < -0.4 is 0 Å². The highest BCUT2D eigenvalue weighted by molar-refractivity contribution is 7.07. The summed E-state index contributed by atoms with van der Waals surface area (Å²) in [5, 5.41) is 0.451. The lowest BCUT2D eigenvalue weighted by molar-refractivity contribution is -0.108. The predicted octanol–water partition coefficient (Wildman–Crippen LogP) is 2.79. The average molecular weight is 239 g/mol. The number of nitrogens with zero attached hydrogens (tertiary/aromatic N) is 1. The molecule has 0 radical (unpaired) electrons. The number of hydrogen-bond donors (Lipinski definition) is 0. The summed E-state index contributed by atoms with van der Waals surface area (Å²) < 4.78 is 0. The quantitative estimate of drug-likeness (QED) is 0.525. The Balaban J connectivity index is 2.73. The third-order valence-corrected chi connectivity index (χ3v) is 8.89. The molecule has 0 bridgehead atoms. The highest BCUT2D eigenvalue weighted by Gasteiger charge is 2.38. The molecule has 92 valence electrons. The molecule has 0 atom stereocenters. The first kappa shape index (κ1) is 13.7. The van der Waals surface area contributed by atoms with E-state index in [2.05, 4.69) is 18.7 Å². The van der Waals surface area contributed by atoms with E-state index in [1.54, 1.807) is 0 Å². The predicted molar refractivity (Wildman–Crippen MR) is 72.2 cm³/mol. The first-order valence-electron chi connectivity index (χ1n) is 6.58. The lowest BCUT2D eigenvalue weighted by Crippen LogP contribution is -2.52. The molecular formula is C13H25NOSi. The van der Waals surface area contributed by atoms with E-state index in [-0.39, 0.29) is 0 Å². The van der Waals surface area contributed by atoms with E-state index in [1.807, 2.05) is 19.1 Å². The molecule has 0 N–H and O–H groups in total. The van der Waals surface area contributed by atoms with Crippen molar-refractivity contribution in [2.45, 2.75) is 45.7 Å². The molecule has 0 spiro atoms. The van der Waals surface area contributed by atoms with E-state index >= 15 is 0 Å². The molecule has 0 saturated carbocycles. The van der Waals surface area contributed by atoms with Gasteiger partial charge < -0.3 is 9.69 Å². The largest absolute Gasteiger partial charge is 0.306 e. The van der Waals surface area contributed by atoms with Crippen LogP contribution in [0.2, 0.25) is 12.1 Å². The van der Waals surface area contributed by atoms with E-state index in [4.69, 9.17) is 0 Å². The maximum atomic E-state index is 12.3. The standard InChI is InChI=1S/C13H25NOSi/c1-4-9-13(15)16(5-2,6-3)12-14-10-7-8-11-14/h4,9H,5-8,10-12H2,1-3H3/b9-4+. The molecule has 0 aromatic rings. The van der Waals surface area contributed by atoms with E-state index in [1.165, 1.54) is 25.9 Å². The lowest BCUT2D eigenvalue weighted by Gasteiger charge is -2.31. The van der Waals surface area contributed by atoms with Crippen molar-refractivity contribution >= 4 is 13.5 Å². The van der Waals surface area contributed by atoms with Gasteiger partial charge in [-0.15, -0.1) is 0 Å². The SMILES string of the molecule is C/C=C/C(=O)[Si](CC)(CC)CN1CCCC1. The van der Waals surface area contributed by atoms with Gasteiger partial charge >= 0.3 is 0 Å². The summed E-state index contributed by atoms with van der Waals surface area (Å²) in [6.07, 6.45) is 7.43. The van der Waals surface area contributed by atoms with Gasteiger partial charge in [-0.2, -0.15) is 0 Å². The van der Waals surface area contributed by atoms with Gasteiger partial charge in [-0.25, -0.2) is 0 Å². The van der Waals surface area contributed by atoms with Crippen LogP contribution in [0.1, 0.15) is 33.6 Å². The number of carbonyl (C=O) groups is 1. The van der Waals surface area contributed by atoms with Crippen molar-refractivity contribution in [3.8, 4) is 0 Å². The van der Waals surface area contributed by atoms with Crippen LogP contribution in [0.15, 0.2) is 12.2 Å². The van der Waals surface area contributed by atoms with E-state index in [9.17, 15) is 4.79 Å². The second-order valence-corrected chi connectivity index (χ2v) is 9.62. The van der Waals surface area contributed by atoms with Gasteiger partial charge in [0.15, 0.2) is 8.07 Å². The third kappa shape index (κ3) is 3.05. The molecule has 0 unspecified atom stereocenters. The number of carbonyl (C=O) groups excluding carboxylic acids is 1. The molecular weight excluding hydrogens is 214 g/mol. The van der Waals surface area contributed by atoms with Gasteiger partial charge in [0, 0.05) is 6.17 Å². The Bertz CT molecular complexity index is 253. The highest BCUT2D eigenvalue weighted by atomic mass is 28.3. The summed E-state index contributed by atoms with van der Waals surface area (Å²) in [7, 11) is -1.73. The molecule has 0 aromatic carbocycles. The maximum absolute atomic E-state index is 12.3. The number of hydrogen-bond acceptors (Lipinski definition) is 2. The Morgan fingerprint density at radius 1 is 1.25 bits per heavy atom. The number of rotatable bonds is 6. The summed E-state index contributed by atoms with van der Waals surface area (Å²) in [6, 6.07) is 2.17. The third-order valence-electron chi connectivity index (χ3n) is 3.92. The summed E-state index contributed by atoms with van der Waals surface area (Å²) in [4.78, 5) is 14.8. The summed E-state index contributed by atoms with van der Waals surface area (Å²) >= 11 is 0. The molecule has 1 saturated heterocycles. The van der Waals surface area contributed by atoms with Crippen LogP contribution >= 0.6 is 0 Å². The van der Waals surface area contributed by atoms with Crippen molar-refractivity contribution in [2.24, 2.45) is 0 Å². The van der Waals surface area contributed by atoms with Crippen molar-refractivity contribution in [1.29, 1.82) is 0 Å². The molecule has 1 aliphatic rings. The Hall–Kier alpha value is -0.413. The minimum atomic E-state index is -1.73. The summed E-state index contributed by atoms with van der Waals surface area (Å²) in [5.74, 6) is 0. The van der Waals surface area contributed by atoms with Gasteiger partial charge in [-0.1, -0.05) is 32.0 Å². The zero-order chi connectivity index (χ0) is 12.0. The van der Waals surface area contributed by atoms with Crippen LogP contribution in [0.5, 0.6) is 0 Å². The van der Waals surface area contributed by atoms with Crippen molar-refractivity contribution in [1.82, 2.24) is 4.90 Å². The minimum absolute atomic E-state index is 0.451. The van der Waals surface area contributed by atoms with Crippen LogP contribution in [0, 0.1) is 0 Å². The number of likely N-dealkylation sites (tertiary alicyclic amines) is 1. The second kappa shape index (κ2) is 6.35. The van der Waals surface area contributed by atoms with Gasteiger partial charge in [0.25, 0.3) is 0 Å². The average Bonchev–Trinajstić information content (AvgIpc) is 2.79. The van der Waals surface area contributed by atoms with Gasteiger partial charge in [-0.05, 0) is 38.9 Å². The highest BCUT2D eigenvalue weighted by Crippen LogP contribution is 2.21. The van der Waals surface area contributed by atoms with Crippen LogP contribution in [0.3, 0.4) is 0 Å². The first-order chi connectivity index (χ1) is 7.68. The summed E-state index contributed by atoms with van der Waals surface area (Å²) in [6.45, 7) is 8.76. The zero-order valence-electron chi connectivity index (χ0n) is 11.0. The van der Waals surface area contributed by atoms with Crippen LogP contribution in [0.25, 0.3) is 0 Å². The fourth-order valence-electron chi connectivity index (χ4n) is 2.60. The van der Waals surface area contributed by atoms with E-state index in [0.29, 0.717) is 5.41 Å². The zero-order valence-corrected chi connectivity index (χ0v) is 12.0. The molecule has 1 aliphatic heterocycles. The van der Waals surface area contributed by atoms with Gasteiger partial charge in [0.1, 0.15) is 5.41 Å². The molecule has 1 rings (SSSR count). The topological polar surface area (TPSA) is 20.3 Å². The van der Waals surface area contributed by atoms with Gasteiger partial charge in [0.05, 0.1) is 0 Å². The first-order valence-corrected chi connectivity index (χ1v) is 9.20.